The lowest BCUT2D eigenvalue weighted by atomic mass is 10.1. The molecule has 0 aliphatic carbocycles. The lowest BCUT2D eigenvalue weighted by Gasteiger charge is -2.05. The van der Waals surface area contributed by atoms with E-state index in [0.717, 1.165) is 39.3 Å². The highest BCUT2D eigenvalue weighted by molar-refractivity contribution is 7.98. The maximum atomic E-state index is 5.95. The molecule has 0 fully saturated rings. The molecule has 3 rings (SSSR count). The molecule has 2 aromatic carbocycles. The number of benzene rings is 2. The maximum Gasteiger partial charge on any atom is 0.191 e. The van der Waals surface area contributed by atoms with E-state index in [1.807, 2.05) is 48.0 Å². The molecule has 28 heavy (non-hydrogen) atoms. The molecule has 5 heteroatoms. The molecule has 0 radical (unpaired) electrons. The summed E-state index contributed by atoms with van der Waals surface area (Å²) in [6.45, 7) is 2.21. The third kappa shape index (κ3) is 5.64. The molecule has 0 spiro atoms. The molecule has 3 aromatic rings. The van der Waals surface area contributed by atoms with Gasteiger partial charge in [0.15, 0.2) is 11.0 Å². The number of thioether (sulfide) groups is 1. The van der Waals surface area contributed by atoms with Crippen molar-refractivity contribution in [1.29, 1.82) is 0 Å². The van der Waals surface area contributed by atoms with E-state index >= 15 is 0 Å². The molecule has 0 aliphatic heterocycles. The predicted molar refractivity (Wildman–Crippen MR) is 118 cm³/mol. The molecule has 3 nitrogen and oxygen atoms in total. The van der Waals surface area contributed by atoms with Crippen LogP contribution in [0.1, 0.15) is 43.7 Å². The Bertz CT molecular complexity index is 968. The van der Waals surface area contributed by atoms with E-state index in [9.17, 15) is 0 Å². The third-order valence-corrected chi connectivity index (χ3v) is 5.72. The van der Waals surface area contributed by atoms with Crippen molar-refractivity contribution in [3.8, 4) is 23.2 Å². The smallest absolute Gasteiger partial charge is 0.191 e. The zero-order valence-corrected chi connectivity index (χ0v) is 17.9. The van der Waals surface area contributed by atoms with Crippen LogP contribution in [0.5, 0.6) is 0 Å². The fraction of sp³-hybridized carbons (Fsp3) is 0.304. The van der Waals surface area contributed by atoms with Crippen LogP contribution < -0.4 is 0 Å². The zero-order valence-electron chi connectivity index (χ0n) is 16.3. The lowest BCUT2D eigenvalue weighted by molar-refractivity contribution is 0.737. The van der Waals surface area contributed by atoms with Crippen LogP contribution in [0.25, 0.3) is 11.4 Å². The van der Waals surface area contributed by atoms with E-state index in [2.05, 4.69) is 41.1 Å². The summed E-state index contributed by atoms with van der Waals surface area (Å²) < 4.78 is 2.04. The second-order valence-electron chi connectivity index (χ2n) is 6.62. The Hall–Kier alpha value is -2.22. The van der Waals surface area contributed by atoms with Crippen molar-refractivity contribution in [2.24, 2.45) is 7.05 Å². The van der Waals surface area contributed by atoms with Gasteiger partial charge in [-0.3, -0.25) is 0 Å². The third-order valence-electron chi connectivity index (χ3n) is 4.37. The van der Waals surface area contributed by atoms with Gasteiger partial charge >= 0.3 is 0 Å². The quantitative estimate of drug-likeness (QED) is 0.258. The van der Waals surface area contributed by atoms with Crippen molar-refractivity contribution in [3.63, 3.8) is 0 Å². The molecule has 0 atom stereocenters. The number of nitrogens with zero attached hydrogens (tertiary/aromatic N) is 3. The summed E-state index contributed by atoms with van der Waals surface area (Å²) in [5, 5.41) is 10.4. The number of aromatic nitrogens is 3. The molecular weight excluding hydrogens is 386 g/mol. The standard InChI is InChI=1S/C23H24ClN3S/c1-3-4-5-6-7-9-18-10-8-11-20(16-18)22-25-26-23(27(22)2)28-17-19-12-14-21(24)15-13-19/h8,10-16H,3-6,17H2,1-2H3. The number of rotatable bonds is 7. The van der Waals surface area contributed by atoms with Crippen LogP contribution in [0.15, 0.2) is 53.7 Å². The van der Waals surface area contributed by atoms with Crippen LogP contribution in [0.3, 0.4) is 0 Å². The predicted octanol–water partition coefficient (Wildman–Crippen LogP) is 6.36. The first-order valence-corrected chi connectivity index (χ1v) is 10.9. The highest BCUT2D eigenvalue weighted by Gasteiger charge is 2.11. The maximum absolute atomic E-state index is 5.95. The second kappa shape index (κ2) is 10.4. The normalized spacial score (nSPS) is 10.5. The highest BCUT2D eigenvalue weighted by atomic mass is 35.5. The minimum absolute atomic E-state index is 0.753. The number of halogens is 1. The largest absolute Gasteiger partial charge is 0.305 e. The zero-order chi connectivity index (χ0) is 19.8. The van der Waals surface area contributed by atoms with Crippen molar-refractivity contribution in [2.75, 3.05) is 0 Å². The molecular formula is C23H24ClN3S. The molecule has 0 saturated carbocycles. The van der Waals surface area contributed by atoms with Gasteiger partial charge in [-0.25, -0.2) is 0 Å². The molecule has 1 aromatic heterocycles. The first-order chi connectivity index (χ1) is 13.7. The summed E-state index contributed by atoms with van der Waals surface area (Å²) in [6.07, 6.45) is 4.58. The van der Waals surface area contributed by atoms with Crippen molar-refractivity contribution in [1.82, 2.24) is 14.8 Å². The minimum atomic E-state index is 0.753. The van der Waals surface area contributed by atoms with Crippen molar-refractivity contribution in [2.45, 2.75) is 43.5 Å². The molecule has 0 amide bonds. The van der Waals surface area contributed by atoms with Gasteiger partial charge in [0, 0.05) is 35.4 Å². The van der Waals surface area contributed by atoms with Gasteiger partial charge in [0.2, 0.25) is 0 Å². The van der Waals surface area contributed by atoms with Crippen molar-refractivity contribution in [3.05, 3.63) is 64.7 Å². The fourth-order valence-corrected chi connectivity index (χ4v) is 3.78. The molecule has 0 bridgehead atoms. The van der Waals surface area contributed by atoms with E-state index in [0.29, 0.717) is 0 Å². The second-order valence-corrected chi connectivity index (χ2v) is 8.00. The average molecular weight is 410 g/mol. The van der Waals surface area contributed by atoms with E-state index in [1.54, 1.807) is 11.8 Å². The SMILES string of the molecule is CCCCCC#Cc1cccc(-c2nnc(SCc3ccc(Cl)cc3)n2C)c1. The molecule has 0 aliphatic rings. The summed E-state index contributed by atoms with van der Waals surface area (Å²) in [5.74, 6) is 8.22. The van der Waals surface area contributed by atoms with E-state index in [4.69, 9.17) is 11.6 Å². The summed E-state index contributed by atoms with van der Waals surface area (Å²) in [6, 6.07) is 16.1. The van der Waals surface area contributed by atoms with Gasteiger partial charge in [0.05, 0.1) is 0 Å². The van der Waals surface area contributed by atoms with Gasteiger partial charge in [0.1, 0.15) is 0 Å². The number of unbranched alkanes of at least 4 members (excludes halogenated alkanes) is 3. The van der Waals surface area contributed by atoms with Gasteiger partial charge < -0.3 is 4.57 Å². The minimum Gasteiger partial charge on any atom is -0.305 e. The number of hydrogen-bond acceptors (Lipinski definition) is 3. The topological polar surface area (TPSA) is 30.7 Å². The highest BCUT2D eigenvalue weighted by Crippen LogP contribution is 2.26. The van der Waals surface area contributed by atoms with Crippen LogP contribution in [-0.2, 0) is 12.8 Å². The van der Waals surface area contributed by atoms with Gasteiger partial charge in [0.25, 0.3) is 0 Å². The monoisotopic (exact) mass is 409 g/mol. The number of hydrogen-bond donors (Lipinski definition) is 0. The van der Waals surface area contributed by atoms with Crippen LogP contribution in [0.2, 0.25) is 5.02 Å². The van der Waals surface area contributed by atoms with Crippen LogP contribution >= 0.6 is 23.4 Å². The van der Waals surface area contributed by atoms with Crippen molar-refractivity contribution >= 4 is 23.4 Å². The van der Waals surface area contributed by atoms with Gasteiger partial charge in [-0.15, -0.1) is 10.2 Å². The van der Waals surface area contributed by atoms with Crippen LogP contribution in [0, 0.1) is 11.8 Å². The van der Waals surface area contributed by atoms with Gasteiger partial charge in [-0.05, 0) is 36.2 Å². The Labute approximate surface area is 176 Å². The molecule has 0 unspecified atom stereocenters. The van der Waals surface area contributed by atoms with Crippen molar-refractivity contribution < 1.29 is 0 Å². The van der Waals surface area contributed by atoms with Gasteiger partial charge in [-0.1, -0.05) is 79.2 Å². The van der Waals surface area contributed by atoms with E-state index in [-0.39, 0.29) is 0 Å². The first kappa shape index (κ1) is 20.5. The summed E-state index contributed by atoms with van der Waals surface area (Å²) >= 11 is 7.61. The lowest BCUT2D eigenvalue weighted by Crippen LogP contribution is -1.95. The Morgan fingerprint density at radius 3 is 2.68 bits per heavy atom. The summed E-state index contributed by atoms with van der Waals surface area (Å²) in [5.41, 5.74) is 3.26. The van der Waals surface area contributed by atoms with Crippen LogP contribution in [0.4, 0.5) is 0 Å². The Balaban J connectivity index is 1.69. The Kier molecular flexibility index (Phi) is 7.59. The summed E-state index contributed by atoms with van der Waals surface area (Å²) in [4.78, 5) is 0. The van der Waals surface area contributed by atoms with E-state index < -0.39 is 0 Å². The molecule has 0 saturated heterocycles. The van der Waals surface area contributed by atoms with Gasteiger partial charge in [-0.2, -0.15) is 0 Å². The molecule has 0 N–H and O–H groups in total. The Morgan fingerprint density at radius 1 is 1.07 bits per heavy atom. The average Bonchev–Trinajstić information content (AvgIpc) is 3.08. The Morgan fingerprint density at radius 2 is 1.89 bits per heavy atom. The van der Waals surface area contributed by atoms with Crippen LogP contribution in [-0.4, -0.2) is 14.8 Å². The first-order valence-electron chi connectivity index (χ1n) is 9.53. The van der Waals surface area contributed by atoms with E-state index in [1.165, 1.54) is 24.8 Å². The summed E-state index contributed by atoms with van der Waals surface area (Å²) in [7, 11) is 2.00. The fourth-order valence-electron chi connectivity index (χ4n) is 2.78. The molecule has 1 heterocycles. The molecule has 144 valence electrons.